The summed E-state index contributed by atoms with van der Waals surface area (Å²) in [4.78, 5) is 32.8. The molecule has 1 spiro atoms. The van der Waals surface area contributed by atoms with Gasteiger partial charge in [0.05, 0.1) is 12.2 Å². The summed E-state index contributed by atoms with van der Waals surface area (Å²) in [7, 11) is 0. The van der Waals surface area contributed by atoms with E-state index < -0.39 is 0 Å². The van der Waals surface area contributed by atoms with Crippen molar-refractivity contribution in [2.45, 2.75) is 33.2 Å². The van der Waals surface area contributed by atoms with E-state index in [9.17, 15) is 9.59 Å². The van der Waals surface area contributed by atoms with E-state index in [2.05, 4.69) is 4.98 Å². The topological polar surface area (TPSA) is 62.7 Å². The Bertz CT molecular complexity index is 646. The predicted molar refractivity (Wildman–Crippen MR) is 89.6 cm³/mol. The van der Waals surface area contributed by atoms with E-state index in [4.69, 9.17) is 4.74 Å². The highest BCUT2D eigenvalue weighted by Crippen LogP contribution is 2.34. The number of carbonyl (C=O) groups excluding carboxylic acids is 2. The molecule has 3 heterocycles. The molecule has 2 aliphatic rings. The summed E-state index contributed by atoms with van der Waals surface area (Å²) in [5.74, 6) is 0.0456. The van der Waals surface area contributed by atoms with E-state index >= 15 is 0 Å². The Morgan fingerprint density at radius 1 is 1.33 bits per heavy atom. The smallest absolute Gasteiger partial charge is 0.255 e. The minimum Gasteiger partial charge on any atom is -0.371 e. The highest BCUT2D eigenvalue weighted by molar-refractivity contribution is 5.94. The number of amides is 2. The number of carbonyl (C=O) groups is 2. The molecule has 2 amide bonds. The van der Waals surface area contributed by atoms with E-state index in [0.29, 0.717) is 31.8 Å². The van der Waals surface area contributed by atoms with E-state index in [1.807, 2.05) is 36.6 Å². The molecular weight excluding hydrogens is 306 g/mol. The molecule has 0 radical (unpaired) electrons. The molecule has 6 heteroatoms. The first kappa shape index (κ1) is 16.9. The molecule has 2 fully saturated rings. The van der Waals surface area contributed by atoms with Gasteiger partial charge in [0.15, 0.2) is 0 Å². The van der Waals surface area contributed by atoms with Crippen molar-refractivity contribution in [2.24, 2.45) is 5.41 Å². The predicted octanol–water partition coefficient (Wildman–Crippen LogP) is 1.49. The van der Waals surface area contributed by atoms with Crippen LogP contribution in [0.5, 0.6) is 0 Å². The number of ether oxygens (including phenoxy) is 1. The third-order valence-electron chi connectivity index (χ3n) is 4.93. The van der Waals surface area contributed by atoms with Crippen molar-refractivity contribution in [1.29, 1.82) is 0 Å². The van der Waals surface area contributed by atoms with Gasteiger partial charge in [-0.05, 0) is 38.8 Å². The monoisotopic (exact) mass is 331 g/mol. The van der Waals surface area contributed by atoms with Crippen molar-refractivity contribution in [2.75, 3.05) is 32.8 Å². The zero-order chi connectivity index (χ0) is 17.3. The number of aryl methyl sites for hydroxylation is 1. The molecule has 24 heavy (non-hydrogen) atoms. The van der Waals surface area contributed by atoms with Crippen LogP contribution in [0.25, 0.3) is 0 Å². The summed E-state index contributed by atoms with van der Waals surface area (Å²) < 4.78 is 5.64. The van der Waals surface area contributed by atoms with Crippen molar-refractivity contribution in [3.63, 3.8) is 0 Å². The van der Waals surface area contributed by atoms with Crippen LogP contribution in [0.15, 0.2) is 18.5 Å². The fourth-order valence-electron chi connectivity index (χ4n) is 3.61. The van der Waals surface area contributed by atoms with Gasteiger partial charge in [-0.15, -0.1) is 0 Å². The standard InChI is InChI=1S/C18H25N3O3/c1-13(2)21-11-18(12-24-9-16(21)22)4-5-20(10-18)17(23)15-6-14(3)7-19-8-15/h6-8,13H,4-5,9-12H2,1-3H3. The summed E-state index contributed by atoms with van der Waals surface area (Å²) >= 11 is 0. The number of aromatic nitrogens is 1. The van der Waals surface area contributed by atoms with Crippen LogP contribution in [0.1, 0.15) is 36.2 Å². The van der Waals surface area contributed by atoms with E-state index in [0.717, 1.165) is 12.0 Å². The Labute approximate surface area is 142 Å². The lowest BCUT2D eigenvalue weighted by atomic mass is 9.87. The average molecular weight is 331 g/mol. The lowest BCUT2D eigenvalue weighted by molar-refractivity contribution is -0.135. The van der Waals surface area contributed by atoms with Crippen molar-refractivity contribution >= 4 is 11.8 Å². The average Bonchev–Trinajstić information content (AvgIpc) is 2.88. The Balaban J connectivity index is 1.76. The normalized spacial score (nSPS) is 24.8. The van der Waals surface area contributed by atoms with Crippen LogP contribution in [0.3, 0.4) is 0 Å². The maximum Gasteiger partial charge on any atom is 0.255 e. The Hall–Kier alpha value is -1.95. The maximum atomic E-state index is 12.8. The van der Waals surface area contributed by atoms with Gasteiger partial charge < -0.3 is 14.5 Å². The lowest BCUT2D eigenvalue weighted by Gasteiger charge is -2.34. The van der Waals surface area contributed by atoms with Crippen molar-refractivity contribution < 1.29 is 14.3 Å². The minimum absolute atomic E-state index is 0.00902. The molecule has 1 aromatic rings. The van der Waals surface area contributed by atoms with Gasteiger partial charge in [0, 0.05) is 43.5 Å². The summed E-state index contributed by atoms with van der Waals surface area (Å²) in [5, 5.41) is 0. The van der Waals surface area contributed by atoms with Crippen molar-refractivity contribution in [1.82, 2.24) is 14.8 Å². The van der Waals surface area contributed by atoms with Crippen LogP contribution < -0.4 is 0 Å². The molecule has 1 atom stereocenters. The van der Waals surface area contributed by atoms with Gasteiger partial charge in [0.2, 0.25) is 5.91 Å². The first-order chi connectivity index (χ1) is 11.4. The van der Waals surface area contributed by atoms with E-state index in [-0.39, 0.29) is 29.9 Å². The van der Waals surface area contributed by atoms with Gasteiger partial charge in [-0.2, -0.15) is 0 Å². The molecule has 0 aromatic carbocycles. The van der Waals surface area contributed by atoms with Gasteiger partial charge in [0.1, 0.15) is 6.61 Å². The Morgan fingerprint density at radius 2 is 2.12 bits per heavy atom. The number of pyridine rings is 1. The molecular formula is C18H25N3O3. The van der Waals surface area contributed by atoms with Gasteiger partial charge >= 0.3 is 0 Å². The third-order valence-corrected chi connectivity index (χ3v) is 4.93. The van der Waals surface area contributed by atoms with Crippen LogP contribution in [0.4, 0.5) is 0 Å². The number of hydrogen-bond acceptors (Lipinski definition) is 4. The molecule has 3 rings (SSSR count). The number of hydrogen-bond donors (Lipinski definition) is 0. The maximum absolute atomic E-state index is 12.8. The van der Waals surface area contributed by atoms with Crippen LogP contribution >= 0.6 is 0 Å². The Kier molecular flexibility index (Phi) is 4.58. The minimum atomic E-state index is -0.163. The fraction of sp³-hybridized carbons (Fsp3) is 0.611. The van der Waals surface area contributed by atoms with Crippen molar-refractivity contribution in [3.05, 3.63) is 29.6 Å². The summed E-state index contributed by atoms with van der Waals surface area (Å²) in [6, 6.07) is 2.01. The number of rotatable bonds is 2. The molecule has 1 aromatic heterocycles. The van der Waals surface area contributed by atoms with Crippen LogP contribution in [0, 0.1) is 12.3 Å². The highest BCUT2D eigenvalue weighted by atomic mass is 16.5. The van der Waals surface area contributed by atoms with Gasteiger partial charge in [-0.1, -0.05) is 0 Å². The molecule has 0 bridgehead atoms. The van der Waals surface area contributed by atoms with Gasteiger partial charge in [-0.3, -0.25) is 14.6 Å². The second-order valence-electron chi connectivity index (χ2n) is 7.34. The van der Waals surface area contributed by atoms with Crippen LogP contribution in [-0.2, 0) is 9.53 Å². The summed E-state index contributed by atoms with van der Waals surface area (Å²) in [6.07, 6.45) is 4.22. The molecule has 0 aliphatic carbocycles. The SMILES string of the molecule is Cc1cncc(C(=O)N2CCC3(COCC(=O)N(C(C)C)C3)C2)c1. The third kappa shape index (κ3) is 3.29. The number of likely N-dealkylation sites (tertiary alicyclic amines) is 1. The fourth-order valence-corrected chi connectivity index (χ4v) is 3.61. The molecule has 2 aliphatic heterocycles. The van der Waals surface area contributed by atoms with Crippen molar-refractivity contribution in [3.8, 4) is 0 Å². The van der Waals surface area contributed by atoms with E-state index in [1.165, 1.54) is 0 Å². The van der Waals surface area contributed by atoms with Gasteiger partial charge in [0.25, 0.3) is 5.91 Å². The molecule has 1 unspecified atom stereocenters. The molecule has 130 valence electrons. The first-order valence-corrected chi connectivity index (χ1v) is 8.48. The largest absolute Gasteiger partial charge is 0.371 e. The van der Waals surface area contributed by atoms with Crippen LogP contribution in [-0.4, -0.2) is 65.5 Å². The zero-order valence-corrected chi connectivity index (χ0v) is 14.6. The van der Waals surface area contributed by atoms with E-state index in [1.54, 1.807) is 12.4 Å². The second-order valence-corrected chi connectivity index (χ2v) is 7.34. The highest BCUT2D eigenvalue weighted by Gasteiger charge is 2.44. The Morgan fingerprint density at radius 3 is 2.83 bits per heavy atom. The quantitative estimate of drug-likeness (QED) is 0.824. The lowest BCUT2D eigenvalue weighted by Crippen LogP contribution is -2.46. The first-order valence-electron chi connectivity index (χ1n) is 8.48. The second kappa shape index (κ2) is 6.51. The van der Waals surface area contributed by atoms with Gasteiger partial charge in [-0.25, -0.2) is 0 Å². The summed E-state index contributed by atoms with van der Waals surface area (Å²) in [5.41, 5.74) is 1.44. The zero-order valence-electron chi connectivity index (χ0n) is 14.6. The molecule has 0 saturated carbocycles. The van der Waals surface area contributed by atoms with Crippen LogP contribution in [0.2, 0.25) is 0 Å². The molecule has 0 N–H and O–H groups in total. The molecule has 6 nitrogen and oxygen atoms in total. The summed E-state index contributed by atoms with van der Waals surface area (Å²) in [6.45, 7) is 8.60. The molecule has 2 saturated heterocycles. The number of nitrogens with zero attached hydrogens (tertiary/aromatic N) is 3.